The SMILES string of the molecule is N#CC(NCc1ccccn1)c1ccc(F)cc1. The highest BCUT2D eigenvalue weighted by Crippen LogP contribution is 2.13. The van der Waals surface area contributed by atoms with Crippen molar-refractivity contribution in [1.82, 2.24) is 10.3 Å². The molecule has 18 heavy (non-hydrogen) atoms. The van der Waals surface area contributed by atoms with Crippen LogP contribution in [0.2, 0.25) is 0 Å². The van der Waals surface area contributed by atoms with E-state index >= 15 is 0 Å². The van der Waals surface area contributed by atoms with E-state index in [0.29, 0.717) is 6.54 Å². The summed E-state index contributed by atoms with van der Waals surface area (Å²) in [5.74, 6) is -0.305. The van der Waals surface area contributed by atoms with Gasteiger partial charge in [0.15, 0.2) is 0 Å². The molecule has 2 aromatic rings. The third-order valence-corrected chi connectivity index (χ3v) is 2.55. The number of nitrogens with one attached hydrogen (secondary N) is 1. The standard InChI is InChI=1S/C14H12FN3/c15-12-6-4-11(5-7-12)14(9-16)18-10-13-3-1-2-8-17-13/h1-8,14,18H,10H2. The van der Waals surface area contributed by atoms with Gasteiger partial charge in [-0.3, -0.25) is 10.3 Å². The minimum Gasteiger partial charge on any atom is -0.293 e. The van der Waals surface area contributed by atoms with Crippen LogP contribution in [0.15, 0.2) is 48.7 Å². The van der Waals surface area contributed by atoms with Crippen molar-refractivity contribution in [2.75, 3.05) is 0 Å². The fraction of sp³-hybridized carbons (Fsp3) is 0.143. The van der Waals surface area contributed by atoms with Crippen LogP contribution in [-0.2, 0) is 6.54 Å². The van der Waals surface area contributed by atoms with Gasteiger partial charge in [0, 0.05) is 12.7 Å². The number of hydrogen-bond donors (Lipinski definition) is 1. The molecule has 1 aromatic carbocycles. The lowest BCUT2D eigenvalue weighted by Crippen LogP contribution is -2.20. The Bertz CT molecular complexity index is 531. The van der Waals surface area contributed by atoms with E-state index in [4.69, 9.17) is 5.26 Å². The normalized spacial score (nSPS) is 11.8. The Morgan fingerprint density at radius 1 is 1.22 bits per heavy atom. The van der Waals surface area contributed by atoms with Gasteiger partial charge in [0.25, 0.3) is 0 Å². The van der Waals surface area contributed by atoms with Gasteiger partial charge in [-0.25, -0.2) is 4.39 Å². The smallest absolute Gasteiger partial charge is 0.123 e. The minimum atomic E-state index is -0.465. The van der Waals surface area contributed by atoms with Crippen molar-refractivity contribution in [1.29, 1.82) is 5.26 Å². The van der Waals surface area contributed by atoms with Gasteiger partial charge in [-0.2, -0.15) is 5.26 Å². The van der Waals surface area contributed by atoms with E-state index in [9.17, 15) is 4.39 Å². The lowest BCUT2D eigenvalue weighted by Gasteiger charge is -2.11. The molecule has 4 heteroatoms. The summed E-state index contributed by atoms with van der Waals surface area (Å²) in [7, 11) is 0. The number of hydrogen-bond acceptors (Lipinski definition) is 3. The molecule has 1 aromatic heterocycles. The number of rotatable bonds is 4. The van der Waals surface area contributed by atoms with E-state index in [2.05, 4.69) is 16.4 Å². The fourth-order valence-electron chi connectivity index (χ4n) is 1.60. The first-order valence-corrected chi connectivity index (χ1v) is 5.58. The Hall–Kier alpha value is -2.25. The van der Waals surface area contributed by atoms with Crippen molar-refractivity contribution in [3.8, 4) is 6.07 Å². The molecule has 1 atom stereocenters. The summed E-state index contributed by atoms with van der Waals surface area (Å²) in [4.78, 5) is 4.16. The van der Waals surface area contributed by atoms with Gasteiger partial charge in [0.2, 0.25) is 0 Å². The largest absolute Gasteiger partial charge is 0.293 e. The first kappa shape index (κ1) is 12.2. The quantitative estimate of drug-likeness (QED) is 0.895. The lowest BCUT2D eigenvalue weighted by atomic mass is 10.1. The van der Waals surface area contributed by atoms with Crippen LogP contribution < -0.4 is 5.32 Å². The van der Waals surface area contributed by atoms with Crippen molar-refractivity contribution in [2.45, 2.75) is 12.6 Å². The van der Waals surface area contributed by atoms with Crippen LogP contribution in [0, 0.1) is 17.1 Å². The molecule has 1 heterocycles. The number of nitrogens with zero attached hydrogens (tertiary/aromatic N) is 2. The molecular weight excluding hydrogens is 229 g/mol. The van der Waals surface area contributed by atoms with E-state index in [1.54, 1.807) is 18.3 Å². The average molecular weight is 241 g/mol. The maximum absolute atomic E-state index is 12.8. The maximum Gasteiger partial charge on any atom is 0.123 e. The molecular formula is C14H12FN3. The molecule has 0 amide bonds. The average Bonchev–Trinajstić information content (AvgIpc) is 2.42. The summed E-state index contributed by atoms with van der Waals surface area (Å²) in [5.41, 5.74) is 1.61. The molecule has 0 aliphatic carbocycles. The predicted octanol–water partition coefficient (Wildman–Crippen LogP) is 2.58. The number of benzene rings is 1. The van der Waals surface area contributed by atoms with Crippen LogP contribution >= 0.6 is 0 Å². The van der Waals surface area contributed by atoms with Crippen molar-refractivity contribution in [3.63, 3.8) is 0 Å². The van der Waals surface area contributed by atoms with E-state index < -0.39 is 6.04 Å². The van der Waals surface area contributed by atoms with E-state index in [1.807, 2.05) is 18.2 Å². The van der Waals surface area contributed by atoms with E-state index in [1.165, 1.54) is 12.1 Å². The van der Waals surface area contributed by atoms with Gasteiger partial charge in [-0.15, -0.1) is 0 Å². The van der Waals surface area contributed by atoms with Crippen LogP contribution in [0.25, 0.3) is 0 Å². The third-order valence-electron chi connectivity index (χ3n) is 2.55. The molecule has 0 aliphatic heterocycles. The van der Waals surface area contributed by atoms with Gasteiger partial charge in [0.05, 0.1) is 11.8 Å². The molecule has 0 saturated carbocycles. The summed E-state index contributed by atoms with van der Waals surface area (Å²) in [5, 5.41) is 12.2. The highest BCUT2D eigenvalue weighted by molar-refractivity contribution is 5.24. The number of nitriles is 1. The Balaban J connectivity index is 2.02. The number of pyridine rings is 1. The first-order valence-electron chi connectivity index (χ1n) is 5.58. The minimum absolute atomic E-state index is 0.305. The zero-order valence-corrected chi connectivity index (χ0v) is 9.68. The van der Waals surface area contributed by atoms with Crippen LogP contribution in [0.5, 0.6) is 0 Å². The topological polar surface area (TPSA) is 48.7 Å². The number of halogens is 1. The summed E-state index contributed by atoms with van der Waals surface area (Å²) in [6, 6.07) is 13.2. The van der Waals surface area contributed by atoms with Crippen molar-refractivity contribution in [3.05, 3.63) is 65.7 Å². The maximum atomic E-state index is 12.8. The molecule has 2 rings (SSSR count). The Morgan fingerprint density at radius 2 is 2.00 bits per heavy atom. The second-order valence-corrected chi connectivity index (χ2v) is 3.82. The zero-order valence-electron chi connectivity index (χ0n) is 9.68. The van der Waals surface area contributed by atoms with Crippen LogP contribution in [-0.4, -0.2) is 4.98 Å². The highest BCUT2D eigenvalue weighted by Gasteiger charge is 2.09. The molecule has 90 valence electrons. The van der Waals surface area contributed by atoms with Gasteiger partial charge >= 0.3 is 0 Å². The van der Waals surface area contributed by atoms with Crippen molar-refractivity contribution >= 4 is 0 Å². The molecule has 0 aliphatic rings. The molecule has 3 nitrogen and oxygen atoms in total. The van der Waals surface area contributed by atoms with Crippen molar-refractivity contribution in [2.24, 2.45) is 0 Å². The van der Waals surface area contributed by atoms with Gasteiger partial charge in [-0.1, -0.05) is 18.2 Å². The first-order chi connectivity index (χ1) is 8.79. The summed E-state index contributed by atoms with van der Waals surface area (Å²) >= 11 is 0. The fourth-order valence-corrected chi connectivity index (χ4v) is 1.60. The summed E-state index contributed by atoms with van der Waals surface area (Å²) in [6.45, 7) is 0.496. The molecule has 0 radical (unpaired) electrons. The second kappa shape index (κ2) is 5.89. The van der Waals surface area contributed by atoms with Crippen molar-refractivity contribution < 1.29 is 4.39 Å². The summed E-state index contributed by atoms with van der Waals surface area (Å²) < 4.78 is 12.8. The zero-order chi connectivity index (χ0) is 12.8. The predicted molar refractivity (Wildman–Crippen MR) is 65.8 cm³/mol. The molecule has 1 N–H and O–H groups in total. The third kappa shape index (κ3) is 3.12. The molecule has 0 spiro atoms. The van der Waals surface area contributed by atoms with Crippen LogP contribution in [0.3, 0.4) is 0 Å². The van der Waals surface area contributed by atoms with Gasteiger partial charge in [-0.05, 0) is 29.8 Å². The molecule has 1 unspecified atom stereocenters. The monoisotopic (exact) mass is 241 g/mol. The Labute approximate surface area is 105 Å². The second-order valence-electron chi connectivity index (χ2n) is 3.82. The van der Waals surface area contributed by atoms with Crippen LogP contribution in [0.4, 0.5) is 4.39 Å². The van der Waals surface area contributed by atoms with E-state index in [-0.39, 0.29) is 5.82 Å². The Kier molecular flexibility index (Phi) is 4.00. The number of aromatic nitrogens is 1. The van der Waals surface area contributed by atoms with Gasteiger partial charge < -0.3 is 0 Å². The lowest BCUT2D eigenvalue weighted by molar-refractivity contribution is 0.609. The van der Waals surface area contributed by atoms with E-state index in [0.717, 1.165) is 11.3 Å². The van der Waals surface area contributed by atoms with Gasteiger partial charge in [0.1, 0.15) is 11.9 Å². The highest BCUT2D eigenvalue weighted by atomic mass is 19.1. The van der Waals surface area contributed by atoms with Crippen LogP contribution in [0.1, 0.15) is 17.3 Å². The molecule has 0 fully saturated rings. The molecule has 0 saturated heterocycles. The Morgan fingerprint density at radius 3 is 2.61 bits per heavy atom. The summed E-state index contributed by atoms with van der Waals surface area (Å²) in [6.07, 6.45) is 1.70. The molecule has 0 bridgehead atoms.